The molecule has 0 atom stereocenters. The van der Waals surface area contributed by atoms with Crippen LogP contribution in [0.25, 0.3) is 0 Å². The number of hydrogen-bond acceptors (Lipinski definition) is 1. The summed E-state index contributed by atoms with van der Waals surface area (Å²) >= 11 is 0. The van der Waals surface area contributed by atoms with Gasteiger partial charge in [-0.15, -0.1) is 0 Å². The van der Waals surface area contributed by atoms with Gasteiger partial charge in [-0.3, -0.25) is 0 Å². The van der Waals surface area contributed by atoms with Crippen LogP contribution in [0.2, 0.25) is 0 Å². The van der Waals surface area contributed by atoms with E-state index in [1.165, 1.54) is 0 Å². The van der Waals surface area contributed by atoms with Crippen molar-refractivity contribution in [1.82, 2.24) is 0 Å². The van der Waals surface area contributed by atoms with Crippen LogP contribution in [0, 0.1) is 23.4 Å². The van der Waals surface area contributed by atoms with Crippen molar-refractivity contribution < 1.29 is 13.2 Å². The smallest absolute Gasteiger partial charge is 0.194 e. The highest BCUT2D eigenvalue weighted by Crippen LogP contribution is 2.27. The lowest BCUT2D eigenvalue weighted by atomic mass is 9.87. The molecule has 0 amide bonds. The van der Waals surface area contributed by atoms with Crippen LogP contribution >= 0.6 is 0 Å². The van der Waals surface area contributed by atoms with Crippen molar-refractivity contribution in [3.05, 3.63) is 29.6 Å². The predicted octanol–water partition coefficient (Wildman–Crippen LogP) is 4.09. The number of nitrogens with one attached hydrogen (secondary N) is 1. The van der Waals surface area contributed by atoms with Gasteiger partial charge in [-0.05, 0) is 31.6 Å². The molecule has 0 aliphatic heterocycles. The van der Waals surface area contributed by atoms with Gasteiger partial charge in [-0.25, -0.2) is 13.2 Å². The molecule has 1 saturated carbocycles. The molecular formula is C13H16F3N. The number of hydrogen-bond donors (Lipinski definition) is 1. The Morgan fingerprint density at radius 3 is 2.06 bits per heavy atom. The van der Waals surface area contributed by atoms with Crippen LogP contribution in [-0.4, -0.2) is 6.04 Å². The molecule has 17 heavy (non-hydrogen) atoms. The lowest BCUT2D eigenvalue weighted by Crippen LogP contribution is -2.25. The number of halogens is 3. The largest absolute Gasteiger partial charge is 0.382 e. The summed E-state index contributed by atoms with van der Waals surface area (Å²) in [5.41, 5.74) is 0.320. The molecule has 1 nitrogen and oxygen atoms in total. The van der Waals surface area contributed by atoms with E-state index in [-0.39, 0.29) is 6.04 Å². The van der Waals surface area contributed by atoms with E-state index < -0.39 is 17.5 Å². The second kappa shape index (κ2) is 4.98. The Balaban J connectivity index is 2.04. The monoisotopic (exact) mass is 243 g/mol. The summed E-state index contributed by atoms with van der Waals surface area (Å²) in [7, 11) is 0. The number of benzene rings is 1. The van der Waals surface area contributed by atoms with E-state index in [1.807, 2.05) is 0 Å². The zero-order chi connectivity index (χ0) is 12.4. The summed E-state index contributed by atoms with van der Waals surface area (Å²) < 4.78 is 38.8. The molecule has 0 aromatic heterocycles. The molecule has 0 unspecified atom stereocenters. The molecule has 4 heteroatoms. The van der Waals surface area contributed by atoms with Crippen LogP contribution in [0.5, 0.6) is 0 Å². The van der Waals surface area contributed by atoms with Gasteiger partial charge in [0, 0.05) is 23.9 Å². The van der Waals surface area contributed by atoms with Crippen molar-refractivity contribution in [2.75, 3.05) is 5.32 Å². The summed E-state index contributed by atoms with van der Waals surface area (Å²) in [6.45, 7) is 2.20. The minimum atomic E-state index is -1.41. The summed E-state index contributed by atoms with van der Waals surface area (Å²) in [5.74, 6) is -2.98. The minimum Gasteiger partial charge on any atom is -0.382 e. The van der Waals surface area contributed by atoms with Gasteiger partial charge in [0.15, 0.2) is 17.5 Å². The summed E-state index contributed by atoms with van der Waals surface area (Å²) in [4.78, 5) is 0. The van der Waals surface area contributed by atoms with E-state index in [0.717, 1.165) is 43.7 Å². The van der Waals surface area contributed by atoms with Gasteiger partial charge in [-0.2, -0.15) is 0 Å². The maximum Gasteiger partial charge on any atom is 0.194 e. The molecule has 1 N–H and O–H groups in total. The molecule has 94 valence electrons. The fraction of sp³-hybridized carbons (Fsp3) is 0.538. The van der Waals surface area contributed by atoms with Gasteiger partial charge in [0.1, 0.15) is 0 Å². The second-order valence-electron chi connectivity index (χ2n) is 4.86. The van der Waals surface area contributed by atoms with Crippen molar-refractivity contribution in [1.29, 1.82) is 0 Å². The zero-order valence-corrected chi connectivity index (χ0v) is 9.77. The van der Waals surface area contributed by atoms with Crippen molar-refractivity contribution in [3.8, 4) is 0 Å². The molecule has 0 spiro atoms. The Labute approximate surface area is 99.0 Å². The highest BCUT2D eigenvalue weighted by atomic mass is 19.2. The van der Waals surface area contributed by atoms with Gasteiger partial charge in [0.2, 0.25) is 0 Å². The average Bonchev–Trinajstić information content (AvgIpc) is 2.29. The Kier molecular flexibility index (Phi) is 3.60. The molecule has 1 fully saturated rings. The lowest BCUT2D eigenvalue weighted by molar-refractivity contribution is 0.361. The zero-order valence-electron chi connectivity index (χ0n) is 9.77. The second-order valence-corrected chi connectivity index (χ2v) is 4.86. The standard InChI is InChI=1S/C13H16F3N/c1-8-2-4-9(5-3-8)17-10-6-11(14)13(16)12(15)7-10/h6-9,17H,2-5H2,1H3. The third kappa shape index (κ3) is 2.93. The van der Waals surface area contributed by atoms with Gasteiger partial charge in [0.05, 0.1) is 0 Å². The normalized spacial score (nSPS) is 24.7. The van der Waals surface area contributed by atoms with E-state index in [2.05, 4.69) is 12.2 Å². The van der Waals surface area contributed by atoms with Crippen molar-refractivity contribution >= 4 is 5.69 Å². The van der Waals surface area contributed by atoms with Crippen LogP contribution in [0.3, 0.4) is 0 Å². The highest BCUT2D eigenvalue weighted by molar-refractivity contribution is 5.45. The first kappa shape index (κ1) is 12.3. The van der Waals surface area contributed by atoms with Gasteiger partial charge < -0.3 is 5.32 Å². The van der Waals surface area contributed by atoms with Crippen LogP contribution in [0.15, 0.2) is 12.1 Å². The topological polar surface area (TPSA) is 12.0 Å². The molecule has 2 rings (SSSR count). The molecule has 0 bridgehead atoms. The fourth-order valence-corrected chi connectivity index (χ4v) is 2.28. The van der Waals surface area contributed by atoms with E-state index in [4.69, 9.17) is 0 Å². The first-order chi connectivity index (χ1) is 8.06. The molecular weight excluding hydrogens is 227 g/mol. The summed E-state index contributed by atoms with van der Waals surface area (Å²) in [6, 6.07) is 2.25. The molecule has 1 aliphatic rings. The van der Waals surface area contributed by atoms with E-state index >= 15 is 0 Å². The summed E-state index contributed by atoms with van der Waals surface area (Å²) in [6.07, 6.45) is 4.21. The van der Waals surface area contributed by atoms with Gasteiger partial charge in [0.25, 0.3) is 0 Å². The Morgan fingerprint density at radius 1 is 1.00 bits per heavy atom. The number of anilines is 1. The SMILES string of the molecule is CC1CCC(Nc2cc(F)c(F)c(F)c2)CC1. The Morgan fingerprint density at radius 2 is 1.53 bits per heavy atom. The molecule has 0 heterocycles. The fourth-order valence-electron chi connectivity index (χ4n) is 2.28. The van der Waals surface area contributed by atoms with Gasteiger partial charge in [-0.1, -0.05) is 6.92 Å². The van der Waals surface area contributed by atoms with Crippen LogP contribution in [-0.2, 0) is 0 Å². The average molecular weight is 243 g/mol. The van der Waals surface area contributed by atoms with Crippen molar-refractivity contribution in [3.63, 3.8) is 0 Å². The molecule has 1 aromatic rings. The van der Waals surface area contributed by atoms with Crippen LogP contribution in [0.1, 0.15) is 32.6 Å². The lowest BCUT2D eigenvalue weighted by Gasteiger charge is -2.27. The first-order valence-corrected chi connectivity index (χ1v) is 5.97. The maximum absolute atomic E-state index is 13.0. The van der Waals surface area contributed by atoms with Crippen molar-refractivity contribution in [2.24, 2.45) is 5.92 Å². The highest BCUT2D eigenvalue weighted by Gasteiger charge is 2.19. The third-order valence-corrected chi connectivity index (χ3v) is 3.37. The number of rotatable bonds is 2. The van der Waals surface area contributed by atoms with Crippen LogP contribution in [0.4, 0.5) is 18.9 Å². The van der Waals surface area contributed by atoms with E-state index in [0.29, 0.717) is 5.69 Å². The quantitative estimate of drug-likeness (QED) is 0.771. The Hall–Kier alpha value is -1.19. The predicted molar refractivity (Wildman–Crippen MR) is 61.4 cm³/mol. The minimum absolute atomic E-state index is 0.232. The van der Waals surface area contributed by atoms with Gasteiger partial charge >= 0.3 is 0 Å². The Bertz CT molecular complexity index is 375. The van der Waals surface area contributed by atoms with E-state index in [1.54, 1.807) is 0 Å². The maximum atomic E-state index is 13.0. The molecule has 1 aliphatic carbocycles. The molecule has 1 aromatic carbocycles. The first-order valence-electron chi connectivity index (χ1n) is 5.97. The molecule has 0 radical (unpaired) electrons. The molecule has 0 saturated heterocycles. The van der Waals surface area contributed by atoms with E-state index in [9.17, 15) is 13.2 Å². The van der Waals surface area contributed by atoms with Crippen molar-refractivity contribution in [2.45, 2.75) is 38.6 Å². The van der Waals surface area contributed by atoms with Crippen LogP contribution < -0.4 is 5.32 Å². The third-order valence-electron chi connectivity index (χ3n) is 3.37. The summed E-state index contributed by atoms with van der Waals surface area (Å²) in [5, 5.41) is 3.06.